The first-order valence-electron chi connectivity index (χ1n) is 9.13. The van der Waals surface area contributed by atoms with Crippen LogP contribution in [-0.2, 0) is 0 Å². The number of allylic oxidation sites excluding steroid dienone is 1. The van der Waals surface area contributed by atoms with E-state index in [-0.39, 0.29) is 5.69 Å². The molecule has 0 saturated heterocycles. The number of rotatable bonds is 6. The molecule has 0 amide bonds. The highest BCUT2D eigenvalue weighted by atomic mass is 16.6. The number of nitrogens with zero attached hydrogens (tertiary/aromatic N) is 3. The van der Waals surface area contributed by atoms with Crippen LogP contribution in [0.15, 0.2) is 82.2 Å². The molecule has 7 heteroatoms. The zero-order chi connectivity index (χ0) is 20.9. The number of hydrogen-bond acceptors (Lipinski definition) is 6. The molecule has 0 aliphatic rings. The largest absolute Gasteiger partial charge is 0.497 e. The lowest BCUT2D eigenvalue weighted by atomic mass is 10.1. The topological polar surface area (TPSA) is 90.8 Å². The number of benzene rings is 3. The van der Waals surface area contributed by atoms with E-state index in [2.05, 4.69) is 9.98 Å². The number of aliphatic imine (C=N–C) groups is 1. The number of nitro groups is 1. The van der Waals surface area contributed by atoms with Gasteiger partial charge in [0.05, 0.1) is 23.3 Å². The van der Waals surface area contributed by atoms with Crippen molar-refractivity contribution in [2.24, 2.45) is 4.99 Å². The van der Waals surface area contributed by atoms with Crippen LogP contribution in [0.25, 0.3) is 28.6 Å². The maximum absolute atomic E-state index is 11.1. The molecule has 148 valence electrons. The van der Waals surface area contributed by atoms with Gasteiger partial charge in [-0.3, -0.25) is 15.1 Å². The highest BCUT2D eigenvalue weighted by molar-refractivity contribution is 5.84. The van der Waals surface area contributed by atoms with Crippen LogP contribution >= 0.6 is 0 Å². The highest BCUT2D eigenvalue weighted by Gasteiger charge is 2.10. The summed E-state index contributed by atoms with van der Waals surface area (Å²) >= 11 is 0. The smallest absolute Gasteiger partial charge is 0.276 e. The molecule has 0 radical (unpaired) electrons. The van der Waals surface area contributed by atoms with E-state index in [1.54, 1.807) is 43.7 Å². The third kappa shape index (κ3) is 4.10. The van der Waals surface area contributed by atoms with Crippen molar-refractivity contribution >= 4 is 34.8 Å². The summed E-state index contributed by atoms with van der Waals surface area (Å²) in [6.45, 7) is 0. The van der Waals surface area contributed by atoms with Crippen LogP contribution in [0.5, 0.6) is 5.75 Å². The zero-order valence-corrected chi connectivity index (χ0v) is 16.1. The third-order valence-corrected chi connectivity index (χ3v) is 4.43. The second kappa shape index (κ2) is 8.40. The van der Waals surface area contributed by atoms with E-state index < -0.39 is 4.92 Å². The van der Waals surface area contributed by atoms with Gasteiger partial charge in [-0.05, 0) is 60.7 Å². The number of hydrogen-bond donors (Lipinski definition) is 0. The van der Waals surface area contributed by atoms with Crippen LogP contribution in [0.4, 0.5) is 11.4 Å². The van der Waals surface area contributed by atoms with Gasteiger partial charge in [0, 0.05) is 17.8 Å². The molecule has 0 N–H and O–H groups in total. The summed E-state index contributed by atoms with van der Waals surface area (Å²) in [5.41, 5.74) is 3.48. The number of methoxy groups -OCH3 is 1. The third-order valence-electron chi connectivity index (χ3n) is 4.43. The molecule has 0 bridgehead atoms. The quantitative estimate of drug-likeness (QED) is 0.231. The number of nitro benzene ring substituents is 1. The molecule has 30 heavy (non-hydrogen) atoms. The molecule has 4 rings (SSSR count). The summed E-state index contributed by atoms with van der Waals surface area (Å²) in [6.07, 6.45) is 4.90. The van der Waals surface area contributed by atoms with E-state index in [1.807, 2.05) is 42.5 Å². The van der Waals surface area contributed by atoms with Crippen molar-refractivity contribution in [3.8, 4) is 17.2 Å². The van der Waals surface area contributed by atoms with Crippen LogP contribution in [-0.4, -0.2) is 23.2 Å². The molecule has 1 aromatic heterocycles. The van der Waals surface area contributed by atoms with Gasteiger partial charge in [0.1, 0.15) is 11.3 Å². The monoisotopic (exact) mass is 399 g/mol. The van der Waals surface area contributed by atoms with Gasteiger partial charge in [0.15, 0.2) is 5.58 Å². The van der Waals surface area contributed by atoms with E-state index in [0.717, 1.165) is 11.3 Å². The van der Waals surface area contributed by atoms with Crippen LogP contribution in [0.2, 0.25) is 0 Å². The van der Waals surface area contributed by atoms with Crippen molar-refractivity contribution in [3.63, 3.8) is 0 Å². The molecule has 3 aromatic carbocycles. The standard InChI is InChI=1S/C23H17N3O4/c1-29-19-11-8-17(9-12-19)23-25-20-15-18(10-13-22(20)30-23)24-14-4-6-16-5-2-3-7-21(16)26(27)28/h2-15H,1H3/b6-4+,24-14?. The fraction of sp³-hybridized carbons (Fsp3) is 0.0435. The van der Waals surface area contributed by atoms with Crippen molar-refractivity contribution in [2.75, 3.05) is 7.11 Å². The maximum Gasteiger partial charge on any atom is 0.276 e. The Bertz CT molecular complexity index is 1260. The lowest BCUT2D eigenvalue weighted by molar-refractivity contribution is -0.385. The van der Waals surface area contributed by atoms with E-state index in [9.17, 15) is 10.1 Å². The maximum atomic E-state index is 11.1. The number of para-hydroxylation sites is 1. The van der Waals surface area contributed by atoms with Gasteiger partial charge in [-0.15, -0.1) is 0 Å². The van der Waals surface area contributed by atoms with Crippen LogP contribution in [0.3, 0.4) is 0 Å². The Labute approximate surface area is 172 Å². The zero-order valence-electron chi connectivity index (χ0n) is 16.1. The summed E-state index contributed by atoms with van der Waals surface area (Å²) in [4.78, 5) is 19.5. The molecule has 0 unspecified atom stereocenters. The minimum atomic E-state index is -0.407. The molecule has 1 heterocycles. The second-order valence-corrected chi connectivity index (χ2v) is 6.35. The average Bonchev–Trinajstić information content (AvgIpc) is 3.20. The molecule has 0 aliphatic carbocycles. The van der Waals surface area contributed by atoms with Crippen molar-refractivity contribution in [1.82, 2.24) is 4.98 Å². The summed E-state index contributed by atoms with van der Waals surface area (Å²) in [5.74, 6) is 1.28. The van der Waals surface area contributed by atoms with Gasteiger partial charge < -0.3 is 9.15 Å². The molecule has 4 aromatic rings. The lowest BCUT2D eigenvalue weighted by Crippen LogP contribution is -1.90. The Morgan fingerprint density at radius 2 is 1.90 bits per heavy atom. The molecular weight excluding hydrogens is 382 g/mol. The predicted octanol–water partition coefficient (Wildman–Crippen LogP) is 5.83. The summed E-state index contributed by atoms with van der Waals surface area (Å²) in [6, 6.07) is 19.5. The molecule has 0 aliphatic heterocycles. The summed E-state index contributed by atoms with van der Waals surface area (Å²) < 4.78 is 11.0. The first-order chi connectivity index (χ1) is 14.6. The molecule has 0 atom stereocenters. The van der Waals surface area contributed by atoms with Gasteiger partial charge in [0.25, 0.3) is 5.69 Å². The lowest BCUT2D eigenvalue weighted by Gasteiger charge is -1.99. The van der Waals surface area contributed by atoms with Crippen molar-refractivity contribution in [1.29, 1.82) is 0 Å². The first kappa shape index (κ1) is 19.1. The molecule has 7 nitrogen and oxygen atoms in total. The second-order valence-electron chi connectivity index (χ2n) is 6.35. The Balaban J connectivity index is 1.53. The van der Waals surface area contributed by atoms with E-state index >= 15 is 0 Å². The van der Waals surface area contributed by atoms with Crippen LogP contribution in [0.1, 0.15) is 5.56 Å². The van der Waals surface area contributed by atoms with E-state index in [0.29, 0.717) is 28.2 Å². The minimum Gasteiger partial charge on any atom is -0.497 e. The summed E-state index contributed by atoms with van der Waals surface area (Å²) in [7, 11) is 1.62. The van der Waals surface area contributed by atoms with Gasteiger partial charge in [-0.1, -0.05) is 12.1 Å². The van der Waals surface area contributed by atoms with Crippen LogP contribution in [0, 0.1) is 10.1 Å². The van der Waals surface area contributed by atoms with Gasteiger partial charge in [0.2, 0.25) is 5.89 Å². The SMILES string of the molecule is COc1ccc(-c2nc3cc(N=C/C=C/c4ccccc4[N+](=O)[O-])ccc3o2)cc1. The van der Waals surface area contributed by atoms with Crippen molar-refractivity contribution in [3.05, 3.63) is 88.5 Å². The molecule has 0 fully saturated rings. The Morgan fingerprint density at radius 1 is 1.10 bits per heavy atom. The Morgan fingerprint density at radius 3 is 2.67 bits per heavy atom. The molecule has 0 spiro atoms. The highest BCUT2D eigenvalue weighted by Crippen LogP contribution is 2.28. The number of fused-ring (bicyclic) bond motifs is 1. The minimum absolute atomic E-state index is 0.0530. The predicted molar refractivity (Wildman–Crippen MR) is 116 cm³/mol. The number of oxazole rings is 1. The number of ether oxygens (including phenoxy) is 1. The van der Waals surface area contributed by atoms with Crippen molar-refractivity contribution in [2.45, 2.75) is 0 Å². The van der Waals surface area contributed by atoms with Crippen LogP contribution < -0.4 is 4.74 Å². The van der Waals surface area contributed by atoms with Gasteiger partial charge >= 0.3 is 0 Å². The van der Waals surface area contributed by atoms with E-state index in [1.165, 1.54) is 6.07 Å². The summed E-state index contributed by atoms with van der Waals surface area (Å²) in [5, 5.41) is 11.1. The Kier molecular flexibility index (Phi) is 5.34. The molecule has 0 saturated carbocycles. The fourth-order valence-corrected chi connectivity index (χ4v) is 2.92. The fourth-order valence-electron chi connectivity index (χ4n) is 2.92. The van der Waals surface area contributed by atoms with E-state index in [4.69, 9.17) is 9.15 Å². The normalized spacial score (nSPS) is 11.5. The van der Waals surface area contributed by atoms with Gasteiger partial charge in [-0.25, -0.2) is 4.98 Å². The van der Waals surface area contributed by atoms with Crippen molar-refractivity contribution < 1.29 is 14.1 Å². The average molecular weight is 399 g/mol. The Hall–Kier alpha value is -4.26. The number of aromatic nitrogens is 1. The first-order valence-corrected chi connectivity index (χ1v) is 9.13. The van der Waals surface area contributed by atoms with Gasteiger partial charge in [-0.2, -0.15) is 0 Å². The molecular formula is C23H17N3O4.